The Labute approximate surface area is 142 Å². The number of aromatic amines is 1. The topological polar surface area (TPSA) is 49.0 Å². The average Bonchev–Trinajstić information content (AvgIpc) is 3.28. The Bertz CT molecular complexity index is 869. The van der Waals surface area contributed by atoms with Gasteiger partial charge in [0, 0.05) is 22.4 Å². The second-order valence-electron chi connectivity index (χ2n) is 5.93. The van der Waals surface area contributed by atoms with Crippen LogP contribution in [0, 0.1) is 0 Å². The maximum absolute atomic E-state index is 13.1. The molecular weight excluding hydrogens is 354 g/mol. The first-order valence-corrected chi connectivity index (χ1v) is 8.49. The lowest BCUT2D eigenvalue weighted by atomic mass is 10.1. The van der Waals surface area contributed by atoms with Crippen LogP contribution in [-0.4, -0.2) is 27.0 Å². The first-order valence-electron chi connectivity index (χ1n) is 7.70. The number of benzene rings is 2. The van der Waals surface area contributed by atoms with Gasteiger partial charge < -0.3 is 4.90 Å². The molecule has 0 atom stereocenters. The third-order valence-corrected chi connectivity index (χ3v) is 4.69. The molecule has 23 heavy (non-hydrogen) atoms. The minimum Gasteiger partial charge on any atom is -0.331 e. The number of H-pyrrole nitrogens is 1. The molecule has 116 valence electrons. The maximum Gasteiger partial charge on any atom is 0.256 e. The van der Waals surface area contributed by atoms with Crippen molar-refractivity contribution in [3.63, 3.8) is 0 Å². The number of carbonyl (C=O) groups is 1. The van der Waals surface area contributed by atoms with Crippen molar-refractivity contribution in [2.24, 2.45) is 0 Å². The molecule has 4 nitrogen and oxygen atoms in total. The van der Waals surface area contributed by atoms with Gasteiger partial charge in [-0.3, -0.25) is 9.89 Å². The lowest BCUT2D eigenvalue weighted by molar-refractivity contribution is 0.0731. The Morgan fingerprint density at radius 3 is 2.87 bits per heavy atom. The summed E-state index contributed by atoms with van der Waals surface area (Å²) >= 11 is 3.50. The minimum atomic E-state index is 0.0716. The lowest BCUT2D eigenvalue weighted by Gasteiger charge is -2.23. The van der Waals surface area contributed by atoms with Crippen LogP contribution in [0.4, 0.5) is 0 Å². The first kappa shape index (κ1) is 14.5. The molecule has 0 unspecified atom stereocenters. The highest BCUT2D eigenvalue weighted by Crippen LogP contribution is 2.31. The van der Waals surface area contributed by atoms with E-state index in [1.807, 2.05) is 35.2 Å². The number of aromatic nitrogens is 2. The molecule has 5 heteroatoms. The van der Waals surface area contributed by atoms with Crippen LogP contribution in [-0.2, 0) is 6.54 Å². The van der Waals surface area contributed by atoms with E-state index >= 15 is 0 Å². The Morgan fingerprint density at radius 2 is 2.09 bits per heavy atom. The summed E-state index contributed by atoms with van der Waals surface area (Å²) in [6, 6.07) is 14.2. The molecule has 1 aromatic heterocycles. The average molecular weight is 370 g/mol. The number of carbonyl (C=O) groups excluding carboxylic acids is 1. The molecule has 0 spiro atoms. The van der Waals surface area contributed by atoms with Crippen molar-refractivity contribution in [2.45, 2.75) is 25.4 Å². The van der Waals surface area contributed by atoms with E-state index in [0.717, 1.165) is 33.8 Å². The van der Waals surface area contributed by atoms with Crippen molar-refractivity contribution >= 4 is 32.7 Å². The summed E-state index contributed by atoms with van der Waals surface area (Å²) in [6.45, 7) is 0.632. The van der Waals surface area contributed by atoms with Gasteiger partial charge >= 0.3 is 0 Å². The monoisotopic (exact) mass is 369 g/mol. The van der Waals surface area contributed by atoms with Crippen LogP contribution >= 0.6 is 15.9 Å². The molecule has 4 rings (SSSR count). The lowest BCUT2D eigenvalue weighted by Crippen LogP contribution is -2.32. The van der Waals surface area contributed by atoms with E-state index < -0.39 is 0 Å². The smallest absolute Gasteiger partial charge is 0.256 e. The van der Waals surface area contributed by atoms with Gasteiger partial charge in [0.05, 0.1) is 17.3 Å². The number of nitrogens with zero attached hydrogens (tertiary/aromatic N) is 2. The molecule has 0 radical (unpaired) electrons. The minimum absolute atomic E-state index is 0.0716. The van der Waals surface area contributed by atoms with E-state index in [1.54, 1.807) is 6.20 Å². The third-order valence-electron chi connectivity index (χ3n) is 4.20. The second-order valence-corrected chi connectivity index (χ2v) is 6.85. The van der Waals surface area contributed by atoms with Crippen LogP contribution in [0.25, 0.3) is 10.9 Å². The highest BCUT2D eigenvalue weighted by atomic mass is 79.9. The van der Waals surface area contributed by atoms with E-state index in [1.165, 1.54) is 0 Å². The van der Waals surface area contributed by atoms with Gasteiger partial charge in [-0.25, -0.2) is 0 Å². The summed E-state index contributed by atoms with van der Waals surface area (Å²) in [7, 11) is 0. The molecule has 3 aromatic rings. The third kappa shape index (κ3) is 2.88. The Morgan fingerprint density at radius 1 is 1.26 bits per heavy atom. The van der Waals surface area contributed by atoms with Crippen molar-refractivity contribution in [2.75, 3.05) is 0 Å². The van der Waals surface area contributed by atoms with Gasteiger partial charge in [0.25, 0.3) is 5.91 Å². The fourth-order valence-corrected chi connectivity index (χ4v) is 3.33. The highest BCUT2D eigenvalue weighted by Gasteiger charge is 2.33. The van der Waals surface area contributed by atoms with Gasteiger partial charge in [-0.05, 0) is 36.6 Å². The van der Waals surface area contributed by atoms with E-state index in [-0.39, 0.29) is 5.91 Å². The first-order chi connectivity index (χ1) is 11.2. The van der Waals surface area contributed by atoms with Crippen molar-refractivity contribution in [3.8, 4) is 0 Å². The summed E-state index contributed by atoms with van der Waals surface area (Å²) in [4.78, 5) is 15.1. The zero-order chi connectivity index (χ0) is 15.8. The maximum atomic E-state index is 13.1. The van der Waals surface area contributed by atoms with E-state index in [0.29, 0.717) is 18.2 Å². The predicted molar refractivity (Wildman–Crippen MR) is 93.1 cm³/mol. The van der Waals surface area contributed by atoms with E-state index in [2.05, 4.69) is 38.3 Å². The molecule has 1 amide bonds. The molecule has 2 aromatic carbocycles. The zero-order valence-electron chi connectivity index (χ0n) is 12.5. The fraction of sp³-hybridized carbons (Fsp3) is 0.222. The highest BCUT2D eigenvalue weighted by molar-refractivity contribution is 9.10. The van der Waals surface area contributed by atoms with Gasteiger partial charge in [-0.15, -0.1) is 0 Å². The Hall–Kier alpha value is -2.14. The number of fused-ring (bicyclic) bond motifs is 1. The molecule has 0 saturated heterocycles. The van der Waals surface area contributed by atoms with Crippen LogP contribution in [0.3, 0.4) is 0 Å². The number of hydrogen-bond acceptors (Lipinski definition) is 2. The summed E-state index contributed by atoms with van der Waals surface area (Å²) in [5.74, 6) is 0.0716. The van der Waals surface area contributed by atoms with Gasteiger partial charge in [0.1, 0.15) is 0 Å². The van der Waals surface area contributed by atoms with Gasteiger partial charge in [0.15, 0.2) is 0 Å². The molecule has 1 aliphatic carbocycles. The summed E-state index contributed by atoms with van der Waals surface area (Å²) in [6.07, 6.45) is 3.92. The van der Waals surface area contributed by atoms with Gasteiger partial charge in [-0.2, -0.15) is 5.10 Å². The largest absolute Gasteiger partial charge is 0.331 e. The fourth-order valence-electron chi connectivity index (χ4n) is 2.89. The molecule has 1 saturated carbocycles. The summed E-state index contributed by atoms with van der Waals surface area (Å²) in [5.41, 5.74) is 2.65. The van der Waals surface area contributed by atoms with Crippen LogP contribution in [0.1, 0.15) is 28.8 Å². The molecule has 0 bridgehead atoms. The SMILES string of the molecule is O=C(c1cccc2cn[nH]c12)N(Cc1cccc(Br)c1)C1CC1. The summed E-state index contributed by atoms with van der Waals surface area (Å²) in [5, 5.41) is 7.98. The molecule has 1 heterocycles. The molecule has 1 N–H and O–H groups in total. The van der Waals surface area contributed by atoms with Crippen LogP contribution < -0.4 is 0 Å². The van der Waals surface area contributed by atoms with E-state index in [9.17, 15) is 4.79 Å². The number of hydrogen-bond donors (Lipinski definition) is 1. The molecule has 0 aliphatic heterocycles. The van der Waals surface area contributed by atoms with Crippen molar-refractivity contribution in [1.82, 2.24) is 15.1 Å². The van der Waals surface area contributed by atoms with Crippen LogP contribution in [0.5, 0.6) is 0 Å². The molecular formula is C18H16BrN3O. The number of para-hydroxylation sites is 1. The van der Waals surface area contributed by atoms with Gasteiger partial charge in [0.2, 0.25) is 0 Å². The summed E-state index contributed by atoms with van der Waals surface area (Å²) < 4.78 is 1.04. The van der Waals surface area contributed by atoms with Crippen molar-refractivity contribution < 1.29 is 4.79 Å². The van der Waals surface area contributed by atoms with Crippen LogP contribution in [0.2, 0.25) is 0 Å². The number of amides is 1. The number of nitrogens with one attached hydrogen (secondary N) is 1. The molecule has 1 fully saturated rings. The van der Waals surface area contributed by atoms with Crippen molar-refractivity contribution in [3.05, 3.63) is 64.3 Å². The number of rotatable bonds is 4. The van der Waals surface area contributed by atoms with E-state index in [4.69, 9.17) is 0 Å². The standard InChI is InChI=1S/C18H16BrN3O/c19-14-5-1-3-12(9-14)11-22(15-7-8-15)18(23)16-6-2-4-13-10-20-21-17(13)16/h1-6,9-10,15H,7-8,11H2,(H,20,21). The quantitative estimate of drug-likeness (QED) is 0.751. The predicted octanol–water partition coefficient (Wildman–Crippen LogP) is 4.13. The molecule has 1 aliphatic rings. The normalized spacial score (nSPS) is 14.1. The van der Waals surface area contributed by atoms with Gasteiger partial charge in [-0.1, -0.05) is 40.2 Å². The second kappa shape index (κ2) is 5.81. The van der Waals surface area contributed by atoms with Crippen LogP contribution in [0.15, 0.2) is 53.1 Å². The Kier molecular flexibility index (Phi) is 3.65. The van der Waals surface area contributed by atoms with Crippen molar-refractivity contribution in [1.29, 1.82) is 0 Å². The Balaban J connectivity index is 1.67. The number of halogens is 1. The zero-order valence-corrected chi connectivity index (χ0v) is 14.1.